The van der Waals surface area contributed by atoms with E-state index in [-0.39, 0.29) is 35.6 Å². The van der Waals surface area contributed by atoms with Gasteiger partial charge in [-0.15, -0.1) is 0 Å². The molecular weight excluding hydrogens is 316 g/mol. The molecule has 146 valence electrons. The van der Waals surface area contributed by atoms with Crippen molar-refractivity contribution in [2.75, 3.05) is 13.2 Å². The summed E-state index contributed by atoms with van der Waals surface area (Å²) in [4.78, 5) is 26.3. The molecule has 0 bridgehead atoms. The van der Waals surface area contributed by atoms with E-state index in [1.165, 1.54) is 6.42 Å². The Balaban J connectivity index is 3.15. The van der Waals surface area contributed by atoms with Crippen LogP contribution in [0.15, 0.2) is 0 Å². The lowest BCUT2D eigenvalue weighted by atomic mass is 9.65. The zero-order valence-electron chi connectivity index (χ0n) is 17.1. The molecule has 0 unspecified atom stereocenters. The fourth-order valence-corrected chi connectivity index (χ4v) is 3.73. The van der Waals surface area contributed by atoms with Crippen molar-refractivity contribution >= 4 is 11.9 Å². The van der Waals surface area contributed by atoms with Crippen LogP contribution in [-0.2, 0) is 19.1 Å². The second kappa shape index (κ2) is 10.2. The van der Waals surface area contributed by atoms with Crippen molar-refractivity contribution in [3.63, 3.8) is 0 Å². The van der Waals surface area contributed by atoms with Gasteiger partial charge in [0.05, 0.1) is 13.2 Å². The van der Waals surface area contributed by atoms with Crippen molar-refractivity contribution in [3.8, 4) is 0 Å². The van der Waals surface area contributed by atoms with Gasteiger partial charge in [-0.05, 0) is 42.9 Å². The van der Waals surface area contributed by atoms with E-state index in [1.54, 1.807) is 0 Å². The first-order valence-electron chi connectivity index (χ1n) is 10.0. The van der Waals surface area contributed by atoms with Gasteiger partial charge in [0, 0.05) is 0 Å². The van der Waals surface area contributed by atoms with Crippen LogP contribution in [0.2, 0.25) is 0 Å². The monoisotopic (exact) mass is 354 g/mol. The Morgan fingerprint density at radius 1 is 0.800 bits per heavy atom. The predicted molar refractivity (Wildman–Crippen MR) is 100 cm³/mol. The molecular formula is C21H38O4. The topological polar surface area (TPSA) is 52.6 Å². The molecule has 0 aliphatic heterocycles. The average Bonchev–Trinajstić information content (AvgIpc) is 2.55. The van der Waals surface area contributed by atoms with Crippen LogP contribution in [-0.4, -0.2) is 25.2 Å². The fourth-order valence-electron chi connectivity index (χ4n) is 3.73. The Hall–Kier alpha value is -1.06. The van der Waals surface area contributed by atoms with Gasteiger partial charge in [-0.3, -0.25) is 9.59 Å². The molecule has 1 aliphatic carbocycles. The molecule has 1 fully saturated rings. The number of ether oxygens (including phenoxy) is 2. The van der Waals surface area contributed by atoms with Gasteiger partial charge in [0.25, 0.3) is 0 Å². The number of carbonyl (C=O) groups is 2. The maximum atomic E-state index is 13.2. The molecule has 0 atom stereocenters. The quantitative estimate of drug-likeness (QED) is 0.432. The molecule has 4 nitrogen and oxygen atoms in total. The minimum atomic E-state index is -1.14. The number of hydrogen-bond donors (Lipinski definition) is 0. The van der Waals surface area contributed by atoms with Crippen LogP contribution in [0.3, 0.4) is 0 Å². The van der Waals surface area contributed by atoms with Gasteiger partial charge in [0.15, 0.2) is 5.41 Å². The average molecular weight is 355 g/mol. The largest absolute Gasteiger partial charge is 0.465 e. The highest BCUT2D eigenvalue weighted by Crippen LogP contribution is 2.45. The molecule has 0 aromatic carbocycles. The molecule has 25 heavy (non-hydrogen) atoms. The third-order valence-corrected chi connectivity index (χ3v) is 4.86. The number of hydrogen-bond acceptors (Lipinski definition) is 4. The summed E-state index contributed by atoms with van der Waals surface area (Å²) >= 11 is 0. The number of carbonyl (C=O) groups excluding carboxylic acids is 2. The highest BCUT2D eigenvalue weighted by atomic mass is 16.6. The van der Waals surface area contributed by atoms with E-state index in [4.69, 9.17) is 9.47 Å². The van der Waals surface area contributed by atoms with Crippen LogP contribution in [0.1, 0.15) is 80.1 Å². The summed E-state index contributed by atoms with van der Waals surface area (Å²) in [6, 6.07) is 0. The first kappa shape index (κ1) is 22.0. The second-order valence-corrected chi connectivity index (χ2v) is 8.89. The molecule has 1 rings (SSSR count). The van der Waals surface area contributed by atoms with Crippen molar-refractivity contribution < 1.29 is 19.1 Å². The standard InChI is InChI=1S/C21H38O4/c1-15(2)12-21(18-10-8-7-9-11-18,19(22)24-13-16(3)4)20(23)25-14-17(5)6/h15-18H,7-14H2,1-6H3. The predicted octanol–water partition coefficient (Wildman–Crippen LogP) is 5.00. The van der Waals surface area contributed by atoms with Crippen molar-refractivity contribution in [2.45, 2.75) is 80.1 Å². The summed E-state index contributed by atoms with van der Waals surface area (Å²) < 4.78 is 11.2. The van der Waals surface area contributed by atoms with E-state index < -0.39 is 5.41 Å². The lowest BCUT2D eigenvalue weighted by molar-refractivity contribution is -0.181. The summed E-state index contributed by atoms with van der Waals surface area (Å²) in [5, 5.41) is 0. The van der Waals surface area contributed by atoms with Gasteiger partial charge < -0.3 is 9.47 Å². The zero-order chi connectivity index (χ0) is 19.0. The van der Waals surface area contributed by atoms with Crippen LogP contribution in [0.25, 0.3) is 0 Å². The van der Waals surface area contributed by atoms with E-state index >= 15 is 0 Å². The smallest absolute Gasteiger partial charge is 0.323 e. The molecule has 0 spiro atoms. The van der Waals surface area contributed by atoms with E-state index in [2.05, 4.69) is 13.8 Å². The molecule has 1 aliphatic rings. The number of esters is 2. The van der Waals surface area contributed by atoms with Crippen molar-refractivity contribution in [1.29, 1.82) is 0 Å². The maximum Gasteiger partial charge on any atom is 0.323 e. The van der Waals surface area contributed by atoms with Crippen molar-refractivity contribution in [3.05, 3.63) is 0 Å². The van der Waals surface area contributed by atoms with Gasteiger partial charge in [-0.1, -0.05) is 60.8 Å². The van der Waals surface area contributed by atoms with Crippen LogP contribution >= 0.6 is 0 Å². The molecule has 0 amide bonds. The number of rotatable bonds is 9. The first-order chi connectivity index (χ1) is 11.7. The summed E-state index contributed by atoms with van der Waals surface area (Å²) in [6.07, 6.45) is 5.63. The Bertz CT molecular complexity index is 396. The van der Waals surface area contributed by atoms with E-state index in [0.29, 0.717) is 19.6 Å². The van der Waals surface area contributed by atoms with E-state index in [0.717, 1.165) is 25.7 Å². The van der Waals surface area contributed by atoms with Gasteiger partial charge >= 0.3 is 11.9 Å². The van der Waals surface area contributed by atoms with Crippen LogP contribution in [0.4, 0.5) is 0 Å². The lowest BCUT2D eigenvalue weighted by Gasteiger charge is -2.39. The van der Waals surface area contributed by atoms with Crippen LogP contribution in [0, 0.1) is 29.1 Å². The molecule has 4 heteroatoms. The SMILES string of the molecule is CC(C)COC(=O)C(CC(C)C)(C(=O)OCC(C)C)C1CCCCC1. The lowest BCUT2D eigenvalue weighted by Crippen LogP contribution is -2.50. The van der Waals surface area contributed by atoms with Gasteiger partial charge in [-0.25, -0.2) is 0 Å². The fraction of sp³-hybridized carbons (Fsp3) is 0.905. The third kappa shape index (κ3) is 6.31. The Kier molecular flexibility index (Phi) is 8.95. The minimum Gasteiger partial charge on any atom is -0.465 e. The third-order valence-electron chi connectivity index (χ3n) is 4.86. The summed E-state index contributed by atoms with van der Waals surface area (Å²) in [5.41, 5.74) is -1.14. The molecule has 0 radical (unpaired) electrons. The van der Waals surface area contributed by atoms with Crippen LogP contribution < -0.4 is 0 Å². The van der Waals surface area contributed by atoms with Crippen molar-refractivity contribution in [2.24, 2.45) is 29.1 Å². The minimum absolute atomic E-state index is 0.0305. The van der Waals surface area contributed by atoms with Gasteiger partial charge in [-0.2, -0.15) is 0 Å². The Labute approximate surface area is 154 Å². The molecule has 0 saturated heterocycles. The summed E-state index contributed by atoms with van der Waals surface area (Å²) in [7, 11) is 0. The Morgan fingerprint density at radius 2 is 1.24 bits per heavy atom. The van der Waals surface area contributed by atoms with E-state index in [9.17, 15) is 9.59 Å². The summed E-state index contributed by atoms with van der Waals surface area (Å²) in [6.45, 7) is 12.9. The molecule has 0 aromatic rings. The second-order valence-electron chi connectivity index (χ2n) is 8.89. The first-order valence-corrected chi connectivity index (χ1v) is 10.0. The van der Waals surface area contributed by atoms with Gasteiger partial charge in [0.2, 0.25) is 0 Å². The molecule has 0 heterocycles. The highest BCUT2D eigenvalue weighted by Gasteiger charge is 2.54. The normalized spacial score (nSPS) is 16.5. The zero-order valence-corrected chi connectivity index (χ0v) is 17.1. The molecule has 0 N–H and O–H groups in total. The molecule has 1 saturated carbocycles. The maximum absolute atomic E-state index is 13.2. The highest BCUT2D eigenvalue weighted by molar-refractivity contribution is 6.00. The van der Waals surface area contributed by atoms with E-state index in [1.807, 2.05) is 27.7 Å². The van der Waals surface area contributed by atoms with Crippen LogP contribution in [0.5, 0.6) is 0 Å². The molecule has 0 aromatic heterocycles. The van der Waals surface area contributed by atoms with Crippen molar-refractivity contribution in [1.82, 2.24) is 0 Å². The van der Waals surface area contributed by atoms with Gasteiger partial charge in [0.1, 0.15) is 0 Å². The summed E-state index contributed by atoms with van der Waals surface area (Å²) in [5.74, 6) is 0.0201. The Morgan fingerprint density at radius 3 is 1.60 bits per heavy atom.